The Morgan fingerprint density at radius 3 is 2.67 bits per heavy atom. The van der Waals surface area contributed by atoms with Gasteiger partial charge in [-0.3, -0.25) is 0 Å². The van der Waals surface area contributed by atoms with Crippen LogP contribution in [0.25, 0.3) is 0 Å². The van der Waals surface area contributed by atoms with Gasteiger partial charge in [0.05, 0.1) is 6.10 Å². The lowest BCUT2D eigenvalue weighted by Crippen LogP contribution is -2.50. The number of rotatable bonds is 3. The first-order valence-corrected chi connectivity index (χ1v) is 5.12. The maximum Gasteiger partial charge on any atom is 0.106 e. The molecular weight excluding hydrogens is 220 g/mol. The smallest absolute Gasteiger partial charge is 0.106 e. The molecule has 0 aliphatic heterocycles. The third-order valence-corrected chi connectivity index (χ3v) is 2.91. The molecule has 3 heteroatoms. The third kappa shape index (κ3) is 1.58. The fourth-order valence-electron chi connectivity index (χ4n) is 1.64. The van der Waals surface area contributed by atoms with Crippen molar-refractivity contribution in [2.45, 2.75) is 26.1 Å². The summed E-state index contributed by atoms with van der Waals surface area (Å²) in [6, 6.07) is 0. The zero-order chi connectivity index (χ0) is 9.14. The molecule has 0 spiro atoms. The molecule has 1 aliphatic rings. The summed E-state index contributed by atoms with van der Waals surface area (Å²) in [6.45, 7) is 4.92. The van der Waals surface area contributed by atoms with E-state index in [9.17, 15) is 0 Å². The van der Waals surface area contributed by atoms with E-state index in [0.29, 0.717) is 5.92 Å². The quantitative estimate of drug-likeness (QED) is 0.747. The molecule has 1 aliphatic carbocycles. The highest BCUT2D eigenvalue weighted by Gasteiger charge is 2.43. The van der Waals surface area contributed by atoms with Crippen LogP contribution in [0.3, 0.4) is 0 Å². The van der Waals surface area contributed by atoms with Crippen molar-refractivity contribution < 1.29 is 9.47 Å². The van der Waals surface area contributed by atoms with E-state index < -0.39 is 0 Å². The largest absolute Gasteiger partial charge is 0.375 e. The van der Waals surface area contributed by atoms with Crippen LogP contribution in [0.5, 0.6) is 0 Å². The van der Waals surface area contributed by atoms with Gasteiger partial charge < -0.3 is 9.47 Å². The molecule has 0 aromatic carbocycles. The molecule has 0 aromatic rings. The average molecular weight is 235 g/mol. The fourth-order valence-corrected chi connectivity index (χ4v) is 2.32. The van der Waals surface area contributed by atoms with Gasteiger partial charge in [-0.2, -0.15) is 0 Å². The van der Waals surface area contributed by atoms with Gasteiger partial charge in [-0.25, -0.2) is 0 Å². The number of halogens is 1. The van der Waals surface area contributed by atoms with E-state index in [-0.39, 0.29) is 12.2 Å². The van der Waals surface area contributed by atoms with Crippen molar-refractivity contribution in [1.29, 1.82) is 0 Å². The first-order valence-electron chi connectivity index (χ1n) is 4.20. The minimum Gasteiger partial charge on any atom is -0.375 e. The Morgan fingerprint density at radius 2 is 2.25 bits per heavy atom. The van der Waals surface area contributed by atoms with Gasteiger partial charge in [0.25, 0.3) is 0 Å². The highest BCUT2D eigenvalue weighted by Crippen LogP contribution is 2.38. The molecule has 0 bridgehead atoms. The summed E-state index contributed by atoms with van der Waals surface area (Å²) in [5.41, 5.74) is 1.29. The van der Waals surface area contributed by atoms with E-state index in [0.717, 1.165) is 6.61 Å². The van der Waals surface area contributed by atoms with Crippen LogP contribution >= 0.6 is 15.9 Å². The molecule has 1 rings (SSSR count). The SMILES string of the molecule is CCO[C@H]1[C@H](C)/C(=C\Br)[C@@H]1OC. The van der Waals surface area contributed by atoms with Gasteiger partial charge in [-0.1, -0.05) is 22.9 Å². The van der Waals surface area contributed by atoms with Crippen molar-refractivity contribution in [1.82, 2.24) is 0 Å². The minimum absolute atomic E-state index is 0.152. The first-order chi connectivity index (χ1) is 5.76. The summed E-state index contributed by atoms with van der Waals surface area (Å²) in [5.74, 6) is 0.481. The molecule has 0 radical (unpaired) electrons. The van der Waals surface area contributed by atoms with Gasteiger partial charge >= 0.3 is 0 Å². The molecule has 0 amide bonds. The maximum atomic E-state index is 5.54. The third-order valence-electron chi connectivity index (χ3n) is 2.38. The molecule has 0 aromatic heterocycles. The summed E-state index contributed by atoms with van der Waals surface area (Å²) in [5, 5.41) is 0. The molecule has 0 heterocycles. The summed E-state index contributed by atoms with van der Waals surface area (Å²) in [4.78, 5) is 1.95. The Balaban J connectivity index is 2.56. The fraction of sp³-hybridized carbons (Fsp3) is 0.778. The number of hydrogen-bond donors (Lipinski definition) is 0. The summed E-state index contributed by atoms with van der Waals surface area (Å²) < 4.78 is 10.8. The zero-order valence-corrected chi connectivity index (χ0v) is 9.30. The Hall–Kier alpha value is 0.140. The van der Waals surface area contributed by atoms with Gasteiger partial charge in [0.15, 0.2) is 0 Å². The Bertz CT molecular complexity index is 179. The number of methoxy groups -OCH3 is 1. The van der Waals surface area contributed by atoms with Crippen molar-refractivity contribution in [3.8, 4) is 0 Å². The standard InChI is InChI=1S/C9H15BrO2/c1-4-12-8-6(2)7(5-10)9(8)11-3/h5-6,8-9H,4H2,1-3H3/b7-5+/t6-,8+,9+/m1/s1. The topological polar surface area (TPSA) is 18.5 Å². The first kappa shape index (κ1) is 10.2. The van der Waals surface area contributed by atoms with E-state index in [1.807, 2.05) is 11.9 Å². The van der Waals surface area contributed by atoms with E-state index in [1.54, 1.807) is 7.11 Å². The molecular formula is C9H15BrO2. The predicted octanol–water partition coefficient (Wildman–Crippen LogP) is 2.33. The van der Waals surface area contributed by atoms with Crippen LogP contribution in [0.4, 0.5) is 0 Å². The molecule has 70 valence electrons. The lowest BCUT2D eigenvalue weighted by atomic mass is 9.75. The van der Waals surface area contributed by atoms with Crippen LogP contribution in [0.15, 0.2) is 10.6 Å². The number of hydrogen-bond acceptors (Lipinski definition) is 2. The van der Waals surface area contributed by atoms with E-state index in [2.05, 4.69) is 22.9 Å². The molecule has 0 saturated heterocycles. The summed E-state index contributed by atoms with van der Waals surface area (Å²) >= 11 is 3.33. The van der Waals surface area contributed by atoms with Gasteiger partial charge in [-0.05, 0) is 17.5 Å². The van der Waals surface area contributed by atoms with Gasteiger partial charge in [0.2, 0.25) is 0 Å². The van der Waals surface area contributed by atoms with Crippen molar-refractivity contribution in [3.05, 3.63) is 10.6 Å². The maximum absolute atomic E-state index is 5.54. The molecule has 1 fully saturated rings. The second-order valence-corrected chi connectivity index (χ2v) is 3.43. The molecule has 1 saturated carbocycles. The molecule has 12 heavy (non-hydrogen) atoms. The Labute approximate surface area is 82.1 Å². The van der Waals surface area contributed by atoms with Gasteiger partial charge in [0.1, 0.15) is 6.10 Å². The lowest BCUT2D eigenvalue weighted by Gasteiger charge is -2.43. The van der Waals surface area contributed by atoms with Crippen LogP contribution in [-0.4, -0.2) is 25.9 Å². The van der Waals surface area contributed by atoms with E-state index in [1.165, 1.54) is 5.57 Å². The average Bonchev–Trinajstić information content (AvgIpc) is 2.09. The highest BCUT2D eigenvalue weighted by molar-refractivity contribution is 9.11. The second kappa shape index (κ2) is 4.40. The van der Waals surface area contributed by atoms with Gasteiger partial charge in [-0.15, -0.1) is 0 Å². The normalized spacial score (nSPS) is 38.3. The van der Waals surface area contributed by atoms with Crippen LogP contribution in [0.1, 0.15) is 13.8 Å². The lowest BCUT2D eigenvalue weighted by molar-refractivity contribution is -0.102. The van der Waals surface area contributed by atoms with Gasteiger partial charge in [0, 0.05) is 19.6 Å². The second-order valence-electron chi connectivity index (χ2n) is 2.97. The van der Waals surface area contributed by atoms with Crippen molar-refractivity contribution in [3.63, 3.8) is 0 Å². The summed E-state index contributed by atoms with van der Waals surface area (Å²) in [7, 11) is 1.72. The Kier molecular flexibility index (Phi) is 3.75. The molecule has 0 unspecified atom stereocenters. The number of ether oxygens (including phenoxy) is 2. The van der Waals surface area contributed by atoms with Crippen molar-refractivity contribution >= 4 is 15.9 Å². The molecule has 3 atom stereocenters. The van der Waals surface area contributed by atoms with Crippen molar-refractivity contribution in [2.24, 2.45) is 5.92 Å². The molecule has 0 N–H and O–H groups in total. The van der Waals surface area contributed by atoms with Crippen molar-refractivity contribution in [2.75, 3.05) is 13.7 Å². The van der Waals surface area contributed by atoms with E-state index in [4.69, 9.17) is 9.47 Å². The van der Waals surface area contributed by atoms with Crippen LogP contribution in [0, 0.1) is 5.92 Å². The van der Waals surface area contributed by atoms with E-state index >= 15 is 0 Å². The van der Waals surface area contributed by atoms with Crippen LogP contribution < -0.4 is 0 Å². The van der Waals surface area contributed by atoms with Crippen LogP contribution in [-0.2, 0) is 9.47 Å². The summed E-state index contributed by atoms with van der Waals surface area (Å²) in [6.07, 6.45) is 0.392. The van der Waals surface area contributed by atoms with Crippen LogP contribution in [0.2, 0.25) is 0 Å². The Morgan fingerprint density at radius 1 is 1.58 bits per heavy atom. The monoisotopic (exact) mass is 234 g/mol. The minimum atomic E-state index is 0.152. The highest BCUT2D eigenvalue weighted by atomic mass is 79.9. The zero-order valence-electron chi connectivity index (χ0n) is 7.71. The molecule has 2 nitrogen and oxygen atoms in total. The predicted molar refractivity (Wildman–Crippen MR) is 52.4 cm³/mol.